The van der Waals surface area contributed by atoms with Gasteiger partial charge in [0.25, 0.3) is 5.91 Å². The number of fused-ring (bicyclic) bond motifs is 3. The summed E-state index contributed by atoms with van der Waals surface area (Å²) < 4.78 is 25.6. The summed E-state index contributed by atoms with van der Waals surface area (Å²) in [5, 5.41) is 33.1. The van der Waals surface area contributed by atoms with Crippen molar-refractivity contribution in [1.82, 2.24) is 35.4 Å². The lowest BCUT2D eigenvalue weighted by Gasteiger charge is -2.57. The molecule has 2 amide bonds. The van der Waals surface area contributed by atoms with Crippen LogP contribution in [-0.4, -0.2) is 119 Å². The molecule has 3 aromatic heterocycles. The molecule has 5 aromatic rings. The smallest absolute Gasteiger partial charge is 0.254 e. The molecule has 1 saturated carbocycles. The second kappa shape index (κ2) is 24.9. The molecule has 3 N–H and O–H groups in total. The monoisotopic (exact) mass is 1010 g/mol. The van der Waals surface area contributed by atoms with Crippen LogP contribution in [0.15, 0.2) is 59.9 Å². The van der Waals surface area contributed by atoms with E-state index in [0.29, 0.717) is 63.3 Å². The van der Waals surface area contributed by atoms with Crippen molar-refractivity contribution in [3.05, 3.63) is 104 Å². The number of nitrogens with one attached hydrogen (secondary N) is 2. The topological polar surface area (TPSA) is 211 Å². The number of piperidine rings is 1. The normalized spacial score (nSPS) is 15.7. The Bertz CT molecular complexity index is 2640. The van der Waals surface area contributed by atoms with Crippen molar-refractivity contribution < 1.29 is 33.6 Å². The summed E-state index contributed by atoms with van der Waals surface area (Å²) in [5.41, 5.74) is 5.45. The minimum atomic E-state index is -0.113. The van der Waals surface area contributed by atoms with Gasteiger partial charge in [-0.25, -0.2) is 9.97 Å². The fourth-order valence-electron chi connectivity index (χ4n) is 9.38. The van der Waals surface area contributed by atoms with Gasteiger partial charge in [0.15, 0.2) is 5.82 Å². The van der Waals surface area contributed by atoms with Crippen LogP contribution in [0.3, 0.4) is 0 Å². The van der Waals surface area contributed by atoms with E-state index in [1.54, 1.807) is 23.7 Å². The maximum atomic E-state index is 12.9. The second-order valence-corrected chi connectivity index (χ2v) is 20.6. The number of aromatic hydroxyl groups is 1. The number of phenolic OH excluding ortho intramolecular Hbond substituents is 1. The first-order valence-corrected chi connectivity index (χ1v) is 25.2. The molecule has 71 heavy (non-hydrogen) atoms. The van der Waals surface area contributed by atoms with E-state index in [0.717, 1.165) is 78.1 Å². The number of nitrogens with zero attached hydrogens (tertiary/aromatic N) is 8. The highest BCUT2D eigenvalue weighted by Gasteiger charge is 2.53. The van der Waals surface area contributed by atoms with Gasteiger partial charge < -0.3 is 39.6 Å². The zero-order chi connectivity index (χ0) is 51.3. The Labute approximate surface area is 426 Å². The number of thiophene rings is 1. The average Bonchev–Trinajstić information content (AvgIpc) is 3.79. The Morgan fingerprint density at radius 1 is 0.930 bits per heavy atom. The minimum absolute atomic E-state index is 0.0394. The zero-order valence-corrected chi connectivity index (χ0v) is 43.9. The molecule has 0 bridgehead atoms. The van der Waals surface area contributed by atoms with Crippen molar-refractivity contribution in [2.75, 3.05) is 64.2 Å². The second-order valence-electron chi connectivity index (χ2n) is 19.0. The number of aryl methyl sites for hydroxylation is 2. The first kappa shape index (κ1) is 54.4. The van der Waals surface area contributed by atoms with Crippen molar-refractivity contribution >= 4 is 46.4 Å². The Kier molecular flexibility index (Phi) is 19.1. The predicted molar refractivity (Wildman–Crippen MR) is 275 cm³/mol. The summed E-state index contributed by atoms with van der Waals surface area (Å²) >= 11 is 7.31. The lowest BCUT2D eigenvalue weighted by molar-refractivity contribution is -0.118. The SMILES string of the molecule is CCNC(C)=O.Cc1sc2c(c1C)C(c1ccc(OCCOCCOCCOC3CCN(c4ncc(C(=O)NC5C(C)(C)CC5(C)C)cn4)CC3)cc1)=NCc1nnc(C)n1-2.N#Cc1ccc(O)cc1Cl. The third kappa shape index (κ3) is 14.3. The summed E-state index contributed by atoms with van der Waals surface area (Å²) in [7, 11) is 0. The fraction of sp³-hybridized carbons (Fsp3) is 0.500. The average molecular weight is 1010 g/mol. The van der Waals surface area contributed by atoms with Crippen LogP contribution < -0.4 is 20.3 Å². The van der Waals surface area contributed by atoms with Gasteiger partial charge in [-0.3, -0.25) is 19.1 Å². The Morgan fingerprint density at radius 2 is 1.58 bits per heavy atom. The van der Waals surface area contributed by atoms with Crippen LogP contribution in [0.4, 0.5) is 5.95 Å². The number of anilines is 1. The number of carbonyl (C=O) groups is 2. The number of aromatic nitrogens is 5. The lowest BCUT2D eigenvalue weighted by atomic mass is 9.52. The summed E-state index contributed by atoms with van der Waals surface area (Å²) in [6.45, 7) is 24.3. The number of hydrogen-bond acceptors (Lipinski definition) is 15. The van der Waals surface area contributed by atoms with Gasteiger partial charge in [0.2, 0.25) is 11.9 Å². The number of amides is 2. The van der Waals surface area contributed by atoms with Crippen molar-refractivity contribution in [2.24, 2.45) is 15.8 Å². The highest BCUT2D eigenvalue weighted by Crippen LogP contribution is 2.53. The standard InChI is InChI=1S/C41H54N8O5S.C7H4ClNO.C4H9NO/c1-26-27(2)55-37-34(26)35(42-24-33-47-46-28(3)49(33)37)29-8-10-31(11-9-29)53-20-18-51-16-17-52-19-21-54-32-12-14-48(15-13-32)39-43-22-30(23-44-39)36(50)45-38-40(4,5)25-41(38,6)7;8-7-3-6(10)2-1-5(7)4-9;1-3-5-4(2)6/h8-11,22-23,32,38H,12-21,24-25H2,1-7H3,(H,45,50);1-3,10H;3H2,1-2H3,(H,5,6). The summed E-state index contributed by atoms with van der Waals surface area (Å²) in [5.74, 6) is 3.17. The molecule has 0 atom stereocenters. The summed E-state index contributed by atoms with van der Waals surface area (Å²) in [6.07, 6.45) is 6.30. The van der Waals surface area contributed by atoms with Gasteiger partial charge in [-0.2, -0.15) is 5.26 Å². The molecular weight excluding hydrogens is 944 g/mol. The van der Waals surface area contributed by atoms with Crippen LogP contribution in [0.2, 0.25) is 5.02 Å². The highest BCUT2D eigenvalue weighted by molar-refractivity contribution is 7.15. The Hall–Kier alpha value is -5.97. The molecule has 19 heteroatoms. The minimum Gasteiger partial charge on any atom is -0.508 e. The molecule has 0 spiro atoms. The van der Waals surface area contributed by atoms with Crippen LogP contribution in [0.1, 0.15) is 110 Å². The van der Waals surface area contributed by atoms with E-state index in [9.17, 15) is 9.59 Å². The van der Waals surface area contributed by atoms with E-state index in [-0.39, 0.29) is 45.6 Å². The Morgan fingerprint density at radius 3 is 2.17 bits per heavy atom. The van der Waals surface area contributed by atoms with Crippen LogP contribution >= 0.6 is 22.9 Å². The molecular formula is C52H67ClN10O7S. The van der Waals surface area contributed by atoms with E-state index in [4.69, 9.17) is 45.9 Å². The largest absolute Gasteiger partial charge is 0.508 e. The number of hydrogen-bond donors (Lipinski definition) is 3. The quantitative estimate of drug-likeness (QED) is 0.0799. The third-order valence-electron chi connectivity index (χ3n) is 12.5. The van der Waals surface area contributed by atoms with E-state index in [1.165, 1.54) is 35.6 Å². The molecule has 380 valence electrons. The number of nitriles is 1. The summed E-state index contributed by atoms with van der Waals surface area (Å²) in [4.78, 5) is 40.2. The molecule has 1 saturated heterocycles. The van der Waals surface area contributed by atoms with Gasteiger partial charge in [-0.05, 0) is 106 Å². The number of halogens is 1. The molecule has 5 heterocycles. The van der Waals surface area contributed by atoms with E-state index >= 15 is 0 Å². The highest BCUT2D eigenvalue weighted by atomic mass is 35.5. The van der Waals surface area contributed by atoms with Crippen molar-refractivity contribution in [3.8, 4) is 22.6 Å². The van der Waals surface area contributed by atoms with Crippen LogP contribution in [0.25, 0.3) is 5.00 Å². The number of benzene rings is 2. The molecule has 1 aliphatic carbocycles. The number of carbonyl (C=O) groups excluding carboxylic acids is 2. The Balaban J connectivity index is 0.000000440. The fourth-order valence-corrected chi connectivity index (χ4v) is 10.8. The van der Waals surface area contributed by atoms with Gasteiger partial charge in [-0.15, -0.1) is 21.5 Å². The summed E-state index contributed by atoms with van der Waals surface area (Å²) in [6, 6.07) is 14.3. The van der Waals surface area contributed by atoms with E-state index in [2.05, 4.69) is 93.9 Å². The van der Waals surface area contributed by atoms with Crippen LogP contribution in [0.5, 0.6) is 11.5 Å². The first-order chi connectivity index (χ1) is 33.9. The number of ether oxygens (including phenoxy) is 4. The number of phenols is 1. The third-order valence-corrected chi connectivity index (χ3v) is 14.0. The zero-order valence-electron chi connectivity index (χ0n) is 42.3. The number of rotatable bonds is 16. The van der Waals surface area contributed by atoms with Gasteiger partial charge >= 0.3 is 0 Å². The molecule has 0 unspecified atom stereocenters. The molecule has 2 aliphatic heterocycles. The molecule has 0 radical (unpaired) electrons. The maximum absolute atomic E-state index is 12.9. The van der Waals surface area contributed by atoms with Crippen molar-refractivity contribution in [1.29, 1.82) is 5.26 Å². The van der Waals surface area contributed by atoms with Crippen LogP contribution in [-0.2, 0) is 25.5 Å². The van der Waals surface area contributed by atoms with Gasteiger partial charge in [0.05, 0.1) is 61.0 Å². The van der Waals surface area contributed by atoms with E-state index in [1.807, 2.05) is 32.0 Å². The predicted octanol–water partition coefficient (Wildman–Crippen LogP) is 8.11. The van der Waals surface area contributed by atoms with Gasteiger partial charge in [0, 0.05) is 61.0 Å². The lowest BCUT2D eigenvalue weighted by Crippen LogP contribution is -2.63. The molecule has 2 fully saturated rings. The number of aliphatic imine (C=N–C) groups is 1. The van der Waals surface area contributed by atoms with E-state index < -0.39 is 0 Å². The van der Waals surface area contributed by atoms with Crippen molar-refractivity contribution in [3.63, 3.8) is 0 Å². The molecule has 8 rings (SSSR count). The van der Waals surface area contributed by atoms with Crippen LogP contribution in [0, 0.1) is 42.9 Å². The molecule has 17 nitrogen and oxygen atoms in total. The maximum Gasteiger partial charge on any atom is 0.254 e. The van der Waals surface area contributed by atoms with Gasteiger partial charge in [0.1, 0.15) is 41.5 Å². The first-order valence-electron chi connectivity index (χ1n) is 24.0. The molecule has 2 aromatic carbocycles. The van der Waals surface area contributed by atoms with Crippen molar-refractivity contribution in [2.45, 2.75) is 100 Å². The van der Waals surface area contributed by atoms with Gasteiger partial charge in [-0.1, -0.05) is 39.3 Å². The molecule has 3 aliphatic rings.